The zero-order valence-corrected chi connectivity index (χ0v) is 10.2. The van der Waals surface area contributed by atoms with Gasteiger partial charge in [-0.05, 0) is 18.4 Å². The lowest BCUT2D eigenvalue weighted by molar-refractivity contribution is 0.0262. The highest BCUT2D eigenvalue weighted by Gasteiger charge is 2.21. The Hall–Kier alpha value is -0.220. The number of hydrogen-bond acceptors (Lipinski definition) is 3. The van der Waals surface area contributed by atoms with Crippen LogP contribution in [0, 0.1) is 0 Å². The summed E-state index contributed by atoms with van der Waals surface area (Å²) in [5.74, 6) is 0. The molecule has 1 aliphatic rings. The first-order valence-electron chi connectivity index (χ1n) is 4.97. The molecule has 0 aliphatic carbocycles. The van der Waals surface area contributed by atoms with E-state index in [-0.39, 0.29) is 6.10 Å². The van der Waals surface area contributed by atoms with Crippen LogP contribution < -0.4 is 5.32 Å². The van der Waals surface area contributed by atoms with Crippen LogP contribution in [0.1, 0.15) is 11.7 Å². The van der Waals surface area contributed by atoms with Crippen LogP contribution in [0.25, 0.3) is 0 Å². The fourth-order valence-electron chi connectivity index (χ4n) is 1.76. The van der Waals surface area contributed by atoms with Gasteiger partial charge in [0, 0.05) is 28.6 Å². The summed E-state index contributed by atoms with van der Waals surface area (Å²) in [5, 5.41) is 4.12. The lowest BCUT2D eigenvalue weighted by Crippen LogP contribution is -2.33. The molecule has 0 radical (unpaired) electrons. The van der Waals surface area contributed by atoms with E-state index in [1.54, 1.807) is 11.8 Å². The minimum absolute atomic E-state index is 0.0925. The molecule has 1 aromatic carbocycles. The zero-order valence-electron chi connectivity index (χ0n) is 8.63. The van der Waals surface area contributed by atoms with E-state index in [0.717, 1.165) is 30.3 Å². The second kappa shape index (κ2) is 5.21. The van der Waals surface area contributed by atoms with Crippen molar-refractivity contribution in [2.75, 3.05) is 26.0 Å². The summed E-state index contributed by atoms with van der Waals surface area (Å²) in [6, 6.07) is 5.99. The maximum Gasteiger partial charge on any atom is 0.0975 e. The second-order valence-electron chi connectivity index (χ2n) is 3.42. The summed E-state index contributed by atoms with van der Waals surface area (Å²) in [4.78, 5) is 1.20. The van der Waals surface area contributed by atoms with Gasteiger partial charge in [-0.25, -0.2) is 0 Å². The predicted octanol–water partition coefficient (Wildman–Crippen LogP) is 2.72. The molecule has 0 amide bonds. The van der Waals surface area contributed by atoms with Crippen molar-refractivity contribution in [1.29, 1.82) is 0 Å². The topological polar surface area (TPSA) is 21.3 Å². The Morgan fingerprint density at radius 3 is 3.07 bits per heavy atom. The van der Waals surface area contributed by atoms with Gasteiger partial charge >= 0.3 is 0 Å². The first-order chi connectivity index (χ1) is 7.33. The highest BCUT2D eigenvalue weighted by Crippen LogP contribution is 2.34. The molecule has 0 aromatic heterocycles. The van der Waals surface area contributed by atoms with E-state index in [9.17, 15) is 0 Å². The number of nitrogens with one attached hydrogen (secondary N) is 1. The summed E-state index contributed by atoms with van der Waals surface area (Å²) in [7, 11) is 0. The Kier molecular flexibility index (Phi) is 3.92. The molecule has 1 saturated heterocycles. The van der Waals surface area contributed by atoms with Gasteiger partial charge in [-0.2, -0.15) is 0 Å². The lowest BCUT2D eigenvalue weighted by atomic mass is 10.1. The molecule has 1 unspecified atom stereocenters. The number of ether oxygens (including phenoxy) is 1. The summed E-state index contributed by atoms with van der Waals surface area (Å²) >= 11 is 7.93. The van der Waals surface area contributed by atoms with Gasteiger partial charge in [0.05, 0.1) is 12.7 Å². The molecule has 1 aromatic rings. The Bertz CT molecular complexity index is 339. The second-order valence-corrected chi connectivity index (χ2v) is 4.67. The summed E-state index contributed by atoms with van der Waals surface area (Å²) in [6.45, 7) is 2.52. The van der Waals surface area contributed by atoms with Gasteiger partial charge in [-0.3, -0.25) is 0 Å². The maximum atomic E-state index is 6.22. The molecule has 0 bridgehead atoms. The average Bonchev–Trinajstić information content (AvgIpc) is 2.29. The highest BCUT2D eigenvalue weighted by atomic mass is 35.5. The molecular weight excluding hydrogens is 230 g/mol. The molecule has 1 heterocycles. The Labute approximate surface area is 99.3 Å². The van der Waals surface area contributed by atoms with Crippen LogP contribution in [0.15, 0.2) is 23.1 Å². The first kappa shape index (κ1) is 11.3. The van der Waals surface area contributed by atoms with E-state index in [0.29, 0.717) is 0 Å². The normalized spacial score (nSPS) is 21.6. The van der Waals surface area contributed by atoms with E-state index in [1.165, 1.54) is 4.90 Å². The number of halogens is 1. The van der Waals surface area contributed by atoms with Gasteiger partial charge in [0.15, 0.2) is 0 Å². The minimum Gasteiger partial charge on any atom is -0.371 e. The first-order valence-corrected chi connectivity index (χ1v) is 6.58. The van der Waals surface area contributed by atoms with Crippen LogP contribution in [0.3, 0.4) is 0 Å². The van der Waals surface area contributed by atoms with Crippen molar-refractivity contribution in [2.45, 2.75) is 11.0 Å². The highest BCUT2D eigenvalue weighted by molar-refractivity contribution is 7.98. The third-order valence-corrected chi connectivity index (χ3v) is 3.61. The Morgan fingerprint density at radius 2 is 2.40 bits per heavy atom. The van der Waals surface area contributed by atoms with Crippen molar-refractivity contribution in [3.8, 4) is 0 Å². The van der Waals surface area contributed by atoms with E-state index >= 15 is 0 Å². The molecule has 1 aliphatic heterocycles. The fourth-order valence-corrected chi connectivity index (χ4v) is 2.79. The third-order valence-electron chi connectivity index (χ3n) is 2.48. The van der Waals surface area contributed by atoms with Gasteiger partial charge in [0.2, 0.25) is 0 Å². The standard InChI is InChI=1S/C11H14ClNOS/c1-15-10-4-2-3-8(12)11(10)9-7-13-5-6-14-9/h2-4,9,13H,5-7H2,1H3. The largest absolute Gasteiger partial charge is 0.371 e. The maximum absolute atomic E-state index is 6.22. The molecule has 1 atom stereocenters. The van der Waals surface area contributed by atoms with Gasteiger partial charge < -0.3 is 10.1 Å². The molecule has 0 spiro atoms. The monoisotopic (exact) mass is 243 g/mol. The van der Waals surface area contributed by atoms with Crippen LogP contribution in [-0.2, 0) is 4.74 Å². The number of rotatable bonds is 2. The van der Waals surface area contributed by atoms with Crippen LogP contribution in [0.2, 0.25) is 5.02 Å². The predicted molar refractivity (Wildman–Crippen MR) is 64.8 cm³/mol. The molecule has 82 valence electrons. The van der Waals surface area contributed by atoms with Crippen molar-refractivity contribution < 1.29 is 4.74 Å². The number of benzene rings is 1. The third kappa shape index (κ3) is 2.48. The van der Waals surface area contributed by atoms with Crippen molar-refractivity contribution in [3.63, 3.8) is 0 Å². The smallest absolute Gasteiger partial charge is 0.0975 e. The van der Waals surface area contributed by atoms with Crippen molar-refractivity contribution in [3.05, 3.63) is 28.8 Å². The summed E-state index contributed by atoms with van der Waals surface area (Å²) in [6.07, 6.45) is 2.15. The van der Waals surface area contributed by atoms with E-state index < -0.39 is 0 Å². The molecule has 4 heteroatoms. The zero-order chi connectivity index (χ0) is 10.7. The molecule has 1 N–H and O–H groups in total. The SMILES string of the molecule is CSc1cccc(Cl)c1C1CNCCO1. The Morgan fingerprint density at radius 1 is 1.53 bits per heavy atom. The van der Waals surface area contributed by atoms with E-state index in [4.69, 9.17) is 16.3 Å². The number of morpholine rings is 1. The summed E-state index contributed by atoms with van der Waals surface area (Å²) in [5.41, 5.74) is 1.12. The Balaban J connectivity index is 2.31. The minimum atomic E-state index is 0.0925. The van der Waals surface area contributed by atoms with Crippen molar-refractivity contribution >= 4 is 23.4 Å². The molecule has 0 saturated carbocycles. The van der Waals surface area contributed by atoms with Gasteiger partial charge in [0.25, 0.3) is 0 Å². The van der Waals surface area contributed by atoms with Crippen LogP contribution in [0.5, 0.6) is 0 Å². The fraction of sp³-hybridized carbons (Fsp3) is 0.455. The molecule has 1 fully saturated rings. The lowest BCUT2D eigenvalue weighted by Gasteiger charge is -2.26. The van der Waals surface area contributed by atoms with Crippen molar-refractivity contribution in [1.82, 2.24) is 5.32 Å². The molecule has 2 rings (SSSR count). The van der Waals surface area contributed by atoms with Crippen LogP contribution in [-0.4, -0.2) is 26.0 Å². The quantitative estimate of drug-likeness (QED) is 0.808. The van der Waals surface area contributed by atoms with E-state index in [2.05, 4.69) is 17.6 Å². The molecule has 2 nitrogen and oxygen atoms in total. The van der Waals surface area contributed by atoms with Crippen molar-refractivity contribution in [2.24, 2.45) is 0 Å². The summed E-state index contributed by atoms with van der Waals surface area (Å²) < 4.78 is 5.73. The molecular formula is C11H14ClNOS. The van der Waals surface area contributed by atoms with Gasteiger partial charge in [0.1, 0.15) is 0 Å². The van der Waals surface area contributed by atoms with E-state index in [1.807, 2.05) is 12.1 Å². The molecule has 15 heavy (non-hydrogen) atoms. The average molecular weight is 244 g/mol. The van der Waals surface area contributed by atoms with Gasteiger partial charge in [-0.15, -0.1) is 11.8 Å². The number of thioether (sulfide) groups is 1. The van der Waals surface area contributed by atoms with Crippen LogP contribution in [0.4, 0.5) is 0 Å². The number of hydrogen-bond donors (Lipinski definition) is 1. The van der Waals surface area contributed by atoms with Crippen LogP contribution >= 0.6 is 23.4 Å². The van der Waals surface area contributed by atoms with Gasteiger partial charge in [-0.1, -0.05) is 17.7 Å².